The maximum atomic E-state index is 12.1. The smallest absolute Gasteiger partial charge is 0.251 e. The van der Waals surface area contributed by atoms with E-state index in [4.69, 9.17) is 4.42 Å². The lowest BCUT2D eigenvalue weighted by Crippen LogP contribution is -2.22. The van der Waals surface area contributed by atoms with Gasteiger partial charge in [0.25, 0.3) is 5.91 Å². The molecule has 6 heteroatoms. The molecular weight excluding hydrogens is 256 g/mol. The summed E-state index contributed by atoms with van der Waals surface area (Å²) in [5.41, 5.74) is 3.05. The summed E-state index contributed by atoms with van der Waals surface area (Å²) in [6.07, 6.45) is 1.60. The number of nitrogens with zero attached hydrogens (tertiary/aromatic N) is 2. The van der Waals surface area contributed by atoms with Crippen LogP contribution in [0, 0.1) is 13.8 Å². The number of aromatic amines is 1. The van der Waals surface area contributed by atoms with Crippen molar-refractivity contribution in [3.8, 4) is 0 Å². The predicted octanol–water partition coefficient (Wildman–Crippen LogP) is 2.10. The summed E-state index contributed by atoms with van der Waals surface area (Å²) < 4.78 is 5.42. The normalized spacial score (nSPS) is 10.9. The average molecular weight is 270 g/mol. The van der Waals surface area contributed by atoms with Crippen LogP contribution < -0.4 is 5.32 Å². The van der Waals surface area contributed by atoms with Crippen LogP contribution in [0.1, 0.15) is 27.7 Å². The molecule has 0 unspecified atom stereocenters. The highest BCUT2D eigenvalue weighted by molar-refractivity contribution is 5.97. The van der Waals surface area contributed by atoms with Gasteiger partial charge in [0, 0.05) is 12.5 Å². The number of carbonyl (C=O) groups excluding carboxylic acids is 1. The van der Waals surface area contributed by atoms with Crippen molar-refractivity contribution in [1.82, 2.24) is 20.3 Å². The predicted molar refractivity (Wildman–Crippen MR) is 73.2 cm³/mol. The summed E-state index contributed by atoms with van der Waals surface area (Å²) in [6, 6.07) is 5.33. The third-order valence-corrected chi connectivity index (χ3v) is 3.09. The molecule has 3 aromatic rings. The summed E-state index contributed by atoms with van der Waals surface area (Å²) in [7, 11) is 0. The SMILES string of the molecule is Cc1nc(C)c(CNC(=O)c2ccc3nc[nH]c3c2)o1. The second-order valence-corrected chi connectivity index (χ2v) is 4.56. The van der Waals surface area contributed by atoms with Gasteiger partial charge in [0.15, 0.2) is 5.89 Å². The van der Waals surface area contributed by atoms with Crippen LogP contribution in [0.2, 0.25) is 0 Å². The van der Waals surface area contributed by atoms with E-state index in [-0.39, 0.29) is 5.91 Å². The standard InChI is InChI=1S/C14H14N4O2/c1-8-13(20-9(2)18-8)6-15-14(19)10-3-4-11-12(5-10)17-7-16-11/h3-5,7H,6H2,1-2H3,(H,15,19)(H,16,17). The summed E-state index contributed by atoms with van der Waals surface area (Å²) in [5.74, 6) is 1.12. The van der Waals surface area contributed by atoms with Crippen LogP contribution in [0.4, 0.5) is 0 Å². The Morgan fingerprint density at radius 2 is 2.25 bits per heavy atom. The molecule has 2 heterocycles. The number of oxazole rings is 1. The second kappa shape index (κ2) is 4.80. The number of amides is 1. The summed E-state index contributed by atoms with van der Waals surface area (Å²) in [6.45, 7) is 3.96. The number of aryl methyl sites for hydroxylation is 2. The van der Waals surface area contributed by atoms with E-state index in [2.05, 4.69) is 20.3 Å². The lowest BCUT2D eigenvalue weighted by Gasteiger charge is -2.03. The van der Waals surface area contributed by atoms with Crippen LogP contribution in [0.25, 0.3) is 11.0 Å². The van der Waals surface area contributed by atoms with Gasteiger partial charge in [-0.15, -0.1) is 0 Å². The molecule has 0 aliphatic rings. The van der Waals surface area contributed by atoms with Crippen molar-refractivity contribution >= 4 is 16.9 Å². The lowest BCUT2D eigenvalue weighted by atomic mass is 10.2. The Morgan fingerprint density at radius 3 is 3.00 bits per heavy atom. The fourth-order valence-electron chi connectivity index (χ4n) is 2.08. The van der Waals surface area contributed by atoms with Crippen LogP contribution >= 0.6 is 0 Å². The fourth-order valence-corrected chi connectivity index (χ4v) is 2.08. The first-order chi connectivity index (χ1) is 9.63. The van der Waals surface area contributed by atoms with Crippen molar-refractivity contribution in [2.45, 2.75) is 20.4 Å². The van der Waals surface area contributed by atoms with Crippen LogP contribution in [0.15, 0.2) is 28.9 Å². The number of nitrogens with one attached hydrogen (secondary N) is 2. The average Bonchev–Trinajstić information content (AvgIpc) is 3.01. The van der Waals surface area contributed by atoms with Gasteiger partial charge in [0.2, 0.25) is 0 Å². The largest absolute Gasteiger partial charge is 0.444 e. The van der Waals surface area contributed by atoms with E-state index >= 15 is 0 Å². The molecular formula is C14H14N4O2. The Bertz CT molecular complexity index is 772. The highest BCUT2D eigenvalue weighted by Gasteiger charge is 2.11. The molecule has 3 rings (SSSR count). The van der Waals surface area contributed by atoms with E-state index in [1.807, 2.05) is 13.0 Å². The molecule has 6 nitrogen and oxygen atoms in total. The number of H-pyrrole nitrogens is 1. The highest BCUT2D eigenvalue weighted by atomic mass is 16.4. The van der Waals surface area contributed by atoms with Crippen LogP contribution in [0.3, 0.4) is 0 Å². The van der Waals surface area contributed by atoms with Gasteiger partial charge in [-0.25, -0.2) is 9.97 Å². The first-order valence-electron chi connectivity index (χ1n) is 6.28. The number of carbonyl (C=O) groups is 1. The molecule has 0 saturated carbocycles. The van der Waals surface area contributed by atoms with Crippen molar-refractivity contribution in [1.29, 1.82) is 0 Å². The van der Waals surface area contributed by atoms with Gasteiger partial charge in [-0.2, -0.15) is 0 Å². The number of fused-ring (bicyclic) bond motifs is 1. The third-order valence-electron chi connectivity index (χ3n) is 3.09. The number of hydrogen-bond acceptors (Lipinski definition) is 4. The van der Waals surface area contributed by atoms with Crippen molar-refractivity contribution < 1.29 is 9.21 Å². The van der Waals surface area contributed by atoms with Gasteiger partial charge >= 0.3 is 0 Å². The molecule has 0 aliphatic carbocycles. The van der Waals surface area contributed by atoms with Gasteiger partial charge in [0.05, 0.1) is 29.6 Å². The van der Waals surface area contributed by atoms with Crippen molar-refractivity contribution in [2.24, 2.45) is 0 Å². The van der Waals surface area contributed by atoms with Gasteiger partial charge in [-0.3, -0.25) is 4.79 Å². The Kier molecular flexibility index (Phi) is 2.98. The Balaban J connectivity index is 1.74. The zero-order valence-corrected chi connectivity index (χ0v) is 11.2. The Morgan fingerprint density at radius 1 is 1.40 bits per heavy atom. The number of hydrogen-bond donors (Lipinski definition) is 2. The molecule has 0 fully saturated rings. The fraction of sp³-hybridized carbons (Fsp3) is 0.214. The zero-order chi connectivity index (χ0) is 14.1. The van der Waals surface area contributed by atoms with Gasteiger partial charge in [-0.05, 0) is 25.1 Å². The van der Waals surface area contributed by atoms with E-state index in [9.17, 15) is 4.79 Å². The Hall–Kier alpha value is -2.63. The minimum Gasteiger partial charge on any atom is -0.444 e. The number of imidazole rings is 1. The number of benzene rings is 1. The van der Waals surface area contributed by atoms with Crippen LogP contribution in [-0.4, -0.2) is 20.9 Å². The third kappa shape index (κ3) is 2.27. The van der Waals surface area contributed by atoms with E-state index < -0.39 is 0 Å². The van der Waals surface area contributed by atoms with Crippen LogP contribution in [0.5, 0.6) is 0 Å². The molecule has 0 spiro atoms. The van der Waals surface area contributed by atoms with Gasteiger partial charge in [-0.1, -0.05) is 0 Å². The summed E-state index contributed by atoms with van der Waals surface area (Å²) >= 11 is 0. The summed E-state index contributed by atoms with van der Waals surface area (Å²) in [5, 5.41) is 2.82. The molecule has 0 bridgehead atoms. The molecule has 0 atom stereocenters. The quantitative estimate of drug-likeness (QED) is 0.763. The number of aromatic nitrogens is 3. The minimum atomic E-state index is -0.157. The topological polar surface area (TPSA) is 83.8 Å². The molecule has 1 amide bonds. The molecule has 2 aromatic heterocycles. The van der Waals surface area contributed by atoms with Crippen molar-refractivity contribution in [3.05, 3.63) is 47.4 Å². The van der Waals surface area contributed by atoms with Crippen LogP contribution in [-0.2, 0) is 6.54 Å². The lowest BCUT2D eigenvalue weighted by molar-refractivity contribution is 0.0948. The molecule has 20 heavy (non-hydrogen) atoms. The monoisotopic (exact) mass is 270 g/mol. The van der Waals surface area contributed by atoms with E-state index in [1.165, 1.54) is 0 Å². The maximum absolute atomic E-state index is 12.1. The van der Waals surface area contributed by atoms with E-state index in [0.29, 0.717) is 23.8 Å². The first-order valence-corrected chi connectivity index (χ1v) is 6.28. The molecule has 0 radical (unpaired) electrons. The Labute approximate surface area is 115 Å². The van der Waals surface area contributed by atoms with Gasteiger partial charge in [0.1, 0.15) is 5.76 Å². The molecule has 1 aromatic carbocycles. The first kappa shape index (κ1) is 12.4. The molecule has 0 aliphatic heterocycles. The molecule has 2 N–H and O–H groups in total. The highest BCUT2D eigenvalue weighted by Crippen LogP contribution is 2.12. The zero-order valence-electron chi connectivity index (χ0n) is 11.2. The van der Waals surface area contributed by atoms with E-state index in [0.717, 1.165) is 16.7 Å². The maximum Gasteiger partial charge on any atom is 0.251 e. The minimum absolute atomic E-state index is 0.157. The molecule has 0 saturated heterocycles. The second-order valence-electron chi connectivity index (χ2n) is 4.56. The van der Waals surface area contributed by atoms with Crippen molar-refractivity contribution in [3.63, 3.8) is 0 Å². The van der Waals surface area contributed by atoms with Gasteiger partial charge < -0.3 is 14.7 Å². The molecule has 102 valence electrons. The summed E-state index contributed by atoms with van der Waals surface area (Å²) in [4.78, 5) is 23.4. The van der Waals surface area contributed by atoms with E-state index in [1.54, 1.807) is 25.4 Å². The number of rotatable bonds is 3. The van der Waals surface area contributed by atoms with Crippen molar-refractivity contribution in [2.75, 3.05) is 0 Å².